The van der Waals surface area contributed by atoms with Crippen LogP contribution in [-0.4, -0.2) is 84.9 Å². The van der Waals surface area contributed by atoms with Gasteiger partial charge < -0.3 is 24.9 Å². The molecule has 0 bridgehead atoms. The van der Waals surface area contributed by atoms with E-state index in [-0.39, 0.29) is 24.9 Å². The molecule has 2 heterocycles. The number of halogens is 1. The Kier molecular flexibility index (Phi) is 7.00. The number of rotatable bonds is 4. The molecule has 9 heteroatoms. The fourth-order valence-corrected chi connectivity index (χ4v) is 4.32. The predicted molar refractivity (Wildman–Crippen MR) is 128 cm³/mol. The quantitative estimate of drug-likeness (QED) is 0.750. The van der Waals surface area contributed by atoms with Crippen LogP contribution in [0.3, 0.4) is 0 Å². The zero-order chi connectivity index (χ0) is 24.2. The molecule has 2 aromatic carbocycles. The molecule has 2 aliphatic heterocycles. The number of aryl methyl sites for hydroxylation is 1. The number of amides is 4. The van der Waals surface area contributed by atoms with Crippen molar-refractivity contribution >= 4 is 29.2 Å². The van der Waals surface area contributed by atoms with Crippen molar-refractivity contribution in [2.24, 2.45) is 0 Å². The largest absolute Gasteiger partial charge is 0.368 e. The molecule has 0 radical (unpaired) electrons. The molecule has 180 valence electrons. The van der Waals surface area contributed by atoms with Gasteiger partial charge in [-0.15, -0.1) is 0 Å². The minimum Gasteiger partial charge on any atom is -0.368 e. The Labute approximate surface area is 198 Å². The van der Waals surface area contributed by atoms with Gasteiger partial charge in [-0.05, 0) is 55.3 Å². The standard InChI is InChI=1S/C25H30FN5O3/c1-18-4-3-5-22(19(18)2)28-10-12-29(13-11-28)23(32)16-30-14-15-31(17-24(30)33)25(34)27-21-8-6-20(26)7-9-21/h3-9H,10-17H2,1-2H3,(H,27,34). The fraction of sp³-hybridized carbons (Fsp3) is 0.400. The highest BCUT2D eigenvalue weighted by atomic mass is 19.1. The summed E-state index contributed by atoms with van der Waals surface area (Å²) in [5.74, 6) is -0.723. The smallest absolute Gasteiger partial charge is 0.322 e. The second kappa shape index (κ2) is 10.1. The number of nitrogens with one attached hydrogen (secondary N) is 1. The minimum absolute atomic E-state index is 0.0235. The van der Waals surface area contributed by atoms with Gasteiger partial charge in [-0.1, -0.05) is 12.1 Å². The van der Waals surface area contributed by atoms with E-state index in [1.807, 2.05) is 4.90 Å². The third-order valence-corrected chi connectivity index (χ3v) is 6.58. The van der Waals surface area contributed by atoms with Crippen molar-refractivity contribution in [3.63, 3.8) is 0 Å². The van der Waals surface area contributed by atoms with Crippen LogP contribution >= 0.6 is 0 Å². The summed E-state index contributed by atoms with van der Waals surface area (Å²) in [5, 5.41) is 2.66. The maximum Gasteiger partial charge on any atom is 0.322 e. The van der Waals surface area contributed by atoms with E-state index < -0.39 is 11.8 Å². The zero-order valence-corrected chi connectivity index (χ0v) is 19.6. The highest BCUT2D eigenvalue weighted by Gasteiger charge is 2.30. The molecule has 0 saturated carbocycles. The molecule has 0 atom stereocenters. The number of nitrogens with zero attached hydrogens (tertiary/aromatic N) is 4. The number of urea groups is 1. The van der Waals surface area contributed by atoms with Crippen LogP contribution in [0, 0.1) is 19.7 Å². The van der Waals surface area contributed by atoms with Gasteiger partial charge in [-0.25, -0.2) is 9.18 Å². The third-order valence-electron chi connectivity index (χ3n) is 6.58. The lowest BCUT2D eigenvalue weighted by atomic mass is 10.1. The van der Waals surface area contributed by atoms with E-state index in [9.17, 15) is 18.8 Å². The van der Waals surface area contributed by atoms with E-state index in [2.05, 4.69) is 42.3 Å². The van der Waals surface area contributed by atoms with Crippen molar-refractivity contribution in [1.82, 2.24) is 14.7 Å². The molecular formula is C25H30FN5O3. The molecule has 0 spiro atoms. The molecule has 2 aliphatic rings. The number of hydrogen-bond acceptors (Lipinski definition) is 4. The minimum atomic E-state index is -0.423. The van der Waals surface area contributed by atoms with Gasteiger partial charge >= 0.3 is 6.03 Å². The Morgan fingerprint density at radius 2 is 1.59 bits per heavy atom. The number of anilines is 2. The van der Waals surface area contributed by atoms with Crippen molar-refractivity contribution in [3.05, 3.63) is 59.4 Å². The van der Waals surface area contributed by atoms with Crippen LogP contribution in [0.2, 0.25) is 0 Å². The number of benzene rings is 2. The van der Waals surface area contributed by atoms with Crippen LogP contribution in [0.1, 0.15) is 11.1 Å². The monoisotopic (exact) mass is 467 g/mol. The average Bonchev–Trinajstić information content (AvgIpc) is 2.83. The van der Waals surface area contributed by atoms with Crippen LogP contribution in [-0.2, 0) is 9.59 Å². The summed E-state index contributed by atoms with van der Waals surface area (Å²) in [6, 6.07) is 11.3. The summed E-state index contributed by atoms with van der Waals surface area (Å²) in [4.78, 5) is 44.9. The normalized spacial score (nSPS) is 16.6. The fourth-order valence-electron chi connectivity index (χ4n) is 4.32. The maximum atomic E-state index is 13.0. The lowest BCUT2D eigenvalue weighted by Crippen LogP contribution is -2.57. The van der Waals surface area contributed by atoms with Crippen LogP contribution < -0.4 is 10.2 Å². The van der Waals surface area contributed by atoms with Crippen LogP contribution in [0.15, 0.2) is 42.5 Å². The second-order valence-electron chi connectivity index (χ2n) is 8.76. The molecule has 34 heavy (non-hydrogen) atoms. The summed E-state index contributed by atoms with van der Waals surface area (Å²) in [5.41, 5.74) is 4.17. The molecule has 2 fully saturated rings. The molecule has 0 unspecified atom stereocenters. The van der Waals surface area contributed by atoms with Gasteiger partial charge in [0.25, 0.3) is 0 Å². The Bertz CT molecular complexity index is 1070. The first-order chi connectivity index (χ1) is 16.3. The number of piperazine rings is 2. The molecule has 1 N–H and O–H groups in total. The summed E-state index contributed by atoms with van der Waals surface area (Å²) >= 11 is 0. The Morgan fingerprint density at radius 3 is 2.26 bits per heavy atom. The van der Waals surface area contributed by atoms with Crippen molar-refractivity contribution in [2.45, 2.75) is 13.8 Å². The second-order valence-corrected chi connectivity index (χ2v) is 8.76. The molecule has 2 saturated heterocycles. The van der Waals surface area contributed by atoms with Crippen molar-refractivity contribution in [1.29, 1.82) is 0 Å². The van der Waals surface area contributed by atoms with Gasteiger partial charge in [0.15, 0.2) is 0 Å². The summed E-state index contributed by atoms with van der Waals surface area (Å²) in [6.45, 7) is 7.49. The summed E-state index contributed by atoms with van der Waals surface area (Å²) in [7, 11) is 0. The Hall–Kier alpha value is -3.62. The molecular weight excluding hydrogens is 437 g/mol. The lowest BCUT2D eigenvalue weighted by molar-refractivity contribution is -0.143. The van der Waals surface area contributed by atoms with Crippen molar-refractivity contribution in [3.8, 4) is 0 Å². The first-order valence-corrected chi connectivity index (χ1v) is 11.5. The van der Waals surface area contributed by atoms with Crippen LogP contribution in [0.5, 0.6) is 0 Å². The first kappa shape index (κ1) is 23.5. The number of carbonyl (C=O) groups excluding carboxylic acids is 3. The molecule has 4 amide bonds. The van der Waals surface area contributed by atoms with Crippen LogP contribution in [0.4, 0.5) is 20.6 Å². The van der Waals surface area contributed by atoms with E-state index in [1.165, 1.54) is 50.9 Å². The van der Waals surface area contributed by atoms with E-state index >= 15 is 0 Å². The van der Waals surface area contributed by atoms with Gasteiger partial charge in [-0.2, -0.15) is 0 Å². The van der Waals surface area contributed by atoms with E-state index in [0.717, 1.165) is 13.1 Å². The predicted octanol–water partition coefficient (Wildman–Crippen LogP) is 2.47. The zero-order valence-electron chi connectivity index (χ0n) is 19.6. The first-order valence-electron chi connectivity index (χ1n) is 11.5. The molecule has 0 aliphatic carbocycles. The van der Waals surface area contributed by atoms with Crippen molar-refractivity contribution in [2.75, 3.05) is 62.6 Å². The third kappa shape index (κ3) is 5.30. The number of carbonyl (C=O) groups is 3. The van der Waals surface area contributed by atoms with Gasteiger partial charge in [-0.3, -0.25) is 9.59 Å². The highest BCUT2D eigenvalue weighted by molar-refractivity contribution is 5.94. The molecule has 2 aromatic rings. The van der Waals surface area contributed by atoms with Crippen LogP contribution in [0.25, 0.3) is 0 Å². The SMILES string of the molecule is Cc1cccc(N2CCN(C(=O)CN3CCN(C(=O)Nc4ccc(F)cc4)CC3=O)CC2)c1C. The van der Waals surface area contributed by atoms with E-state index in [4.69, 9.17) is 0 Å². The summed E-state index contributed by atoms with van der Waals surface area (Å²) in [6.07, 6.45) is 0. The molecule has 0 aromatic heterocycles. The molecule has 8 nitrogen and oxygen atoms in total. The molecule has 4 rings (SSSR count). The van der Waals surface area contributed by atoms with E-state index in [0.29, 0.717) is 31.9 Å². The highest BCUT2D eigenvalue weighted by Crippen LogP contribution is 2.24. The van der Waals surface area contributed by atoms with E-state index in [1.54, 1.807) is 0 Å². The van der Waals surface area contributed by atoms with Gasteiger partial charge in [0, 0.05) is 50.6 Å². The Morgan fingerprint density at radius 1 is 0.912 bits per heavy atom. The number of hydrogen-bond donors (Lipinski definition) is 1. The van der Waals surface area contributed by atoms with Gasteiger partial charge in [0.05, 0.1) is 6.54 Å². The van der Waals surface area contributed by atoms with Gasteiger partial charge in [0.2, 0.25) is 11.8 Å². The van der Waals surface area contributed by atoms with Gasteiger partial charge in [0.1, 0.15) is 12.4 Å². The maximum absolute atomic E-state index is 13.0. The lowest BCUT2D eigenvalue weighted by Gasteiger charge is -2.39. The summed E-state index contributed by atoms with van der Waals surface area (Å²) < 4.78 is 13.0. The topological polar surface area (TPSA) is 76.2 Å². The Balaban J connectivity index is 1.25. The average molecular weight is 468 g/mol. The van der Waals surface area contributed by atoms with Crippen molar-refractivity contribution < 1.29 is 18.8 Å².